The van der Waals surface area contributed by atoms with E-state index >= 15 is 0 Å². The second-order valence-electron chi connectivity index (χ2n) is 5.89. The van der Waals surface area contributed by atoms with Crippen molar-refractivity contribution in [1.29, 1.82) is 0 Å². The predicted octanol–water partition coefficient (Wildman–Crippen LogP) is 3.03. The average molecular weight is 352 g/mol. The number of amides is 3. The van der Waals surface area contributed by atoms with E-state index in [1.165, 1.54) is 12.1 Å². The molecule has 0 spiro atoms. The number of anilines is 1. The quantitative estimate of drug-likeness (QED) is 0.811. The van der Waals surface area contributed by atoms with E-state index < -0.39 is 11.8 Å². The Kier molecular flexibility index (Phi) is 5.02. The Balaban J connectivity index is 1.88. The summed E-state index contributed by atoms with van der Waals surface area (Å²) in [6.07, 6.45) is 0.819. The number of hydrogen-bond acceptors (Lipinski definition) is 4. The Morgan fingerprint density at radius 2 is 1.69 bits per heavy atom. The molecule has 1 aliphatic heterocycles. The van der Waals surface area contributed by atoms with Crippen molar-refractivity contribution in [2.24, 2.45) is 0 Å². The molecule has 0 radical (unpaired) electrons. The van der Waals surface area contributed by atoms with Crippen LogP contribution < -0.4 is 15.0 Å². The molecule has 0 unspecified atom stereocenters. The highest BCUT2D eigenvalue weighted by atomic mass is 16.5. The minimum atomic E-state index is -0.431. The van der Waals surface area contributed by atoms with Gasteiger partial charge in [-0.05, 0) is 55.8 Å². The lowest BCUT2D eigenvalue weighted by Crippen LogP contribution is -2.29. The number of carbonyl (C=O) groups excluding carboxylic acids is 3. The summed E-state index contributed by atoms with van der Waals surface area (Å²) in [5.74, 6) is -0.411. The first-order chi connectivity index (χ1) is 12.6. The Morgan fingerprint density at radius 1 is 1.00 bits per heavy atom. The molecule has 134 valence electrons. The minimum Gasteiger partial charge on any atom is -0.494 e. The second kappa shape index (κ2) is 7.39. The van der Waals surface area contributed by atoms with Gasteiger partial charge in [0, 0.05) is 12.1 Å². The van der Waals surface area contributed by atoms with Crippen molar-refractivity contribution < 1.29 is 19.1 Å². The van der Waals surface area contributed by atoms with Crippen LogP contribution in [0.1, 0.15) is 51.3 Å². The van der Waals surface area contributed by atoms with Gasteiger partial charge in [-0.3, -0.25) is 14.4 Å². The van der Waals surface area contributed by atoms with E-state index in [4.69, 9.17) is 4.74 Å². The molecule has 1 aliphatic rings. The van der Waals surface area contributed by atoms with Crippen LogP contribution >= 0.6 is 0 Å². The van der Waals surface area contributed by atoms with Crippen molar-refractivity contribution >= 4 is 23.4 Å². The third-order valence-electron chi connectivity index (χ3n) is 4.09. The molecule has 0 atom stereocenters. The molecule has 0 saturated heterocycles. The smallest absolute Gasteiger partial charge is 0.266 e. The Bertz CT molecular complexity index is 859. The highest BCUT2D eigenvalue weighted by Crippen LogP contribution is 2.30. The molecule has 0 bridgehead atoms. The monoisotopic (exact) mass is 352 g/mol. The van der Waals surface area contributed by atoms with Gasteiger partial charge in [-0.15, -0.1) is 0 Å². The van der Waals surface area contributed by atoms with Crippen LogP contribution in [0.25, 0.3) is 0 Å². The van der Waals surface area contributed by atoms with Crippen molar-refractivity contribution in [3.8, 4) is 5.75 Å². The first-order valence-corrected chi connectivity index (χ1v) is 8.60. The zero-order valence-electron chi connectivity index (χ0n) is 14.7. The number of carbonyl (C=O) groups is 3. The van der Waals surface area contributed by atoms with Crippen molar-refractivity contribution in [2.75, 3.05) is 18.1 Å². The summed E-state index contributed by atoms with van der Waals surface area (Å²) >= 11 is 0. The van der Waals surface area contributed by atoms with Crippen molar-refractivity contribution in [1.82, 2.24) is 5.32 Å². The largest absolute Gasteiger partial charge is 0.494 e. The standard InChI is InChI=1S/C20H20N2O4/c1-3-11-21-18(23)13-5-10-16-17(12-13)20(25)22(19(16)24)14-6-8-15(9-7-14)26-4-2/h5-10,12H,3-4,11H2,1-2H3,(H,21,23). The van der Waals surface area contributed by atoms with E-state index in [2.05, 4.69) is 5.32 Å². The highest BCUT2D eigenvalue weighted by molar-refractivity contribution is 6.34. The van der Waals surface area contributed by atoms with Gasteiger partial charge in [-0.1, -0.05) is 6.92 Å². The summed E-state index contributed by atoms with van der Waals surface area (Å²) in [5.41, 5.74) is 1.38. The Morgan fingerprint density at radius 3 is 2.35 bits per heavy atom. The third kappa shape index (κ3) is 3.18. The number of nitrogens with zero attached hydrogens (tertiary/aromatic N) is 1. The van der Waals surface area contributed by atoms with E-state index in [-0.39, 0.29) is 11.5 Å². The topological polar surface area (TPSA) is 75.7 Å². The number of fused-ring (bicyclic) bond motifs is 1. The molecule has 6 heteroatoms. The zero-order chi connectivity index (χ0) is 18.7. The molecule has 0 fully saturated rings. The maximum atomic E-state index is 12.7. The van der Waals surface area contributed by atoms with Gasteiger partial charge in [-0.25, -0.2) is 4.90 Å². The fourth-order valence-corrected chi connectivity index (χ4v) is 2.82. The molecule has 1 N–H and O–H groups in total. The van der Waals surface area contributed by atoms with Crippen molar-refractivity contribution in [3.05, 3.63) is 59.2 Å². The van der Waals surface area contributed by atoms with Crippen molar-refractivity contribution in [2.45, 2.75) is 20.3 Å². The van der Waals surface area contributed by atoms with E-state index in [0.29, 0.717) is 35.7 Å². The average Bonchev–Trinajstić information content (AvgIpc) is 2.91. The molecule has 2 aromatic rings. The molecule has 3 amide bonds. The molecule has 0 saturated carbocycles. The fourth-order valence-electron chi connectivity index (χ4n) is 2.82. The van der Waals surface area contributed by atoms with E-state index in [1.807, 2.05) is 13.8 Å². The number of imide groups is 1. The lowest BCUT2D eigenvalue weighted by atomic mass is 10.1. The van der Waals surface area contributed by atoms with Crippen LogP contribution in [0.4, 0.5) is 5.69 Å². The van der Waals surface area contributed by atoms with E-state index in [0.717, 1.165) is 11.3 Å². The Hall–Kier alpha value is -3.15. The molecule has 6 nitrogen and oxygen atoms in total. The minimum absolute atomic E-state index is 0.244. The molecule has 0 aliphatic carbocycles. The second-order valence-corrected chi connectivity index (χ2v) is 5.89. The molecule has 2 aromatic carbocycles. The fraction of sp³-hybridized carbons (Fsp3) is 0.250. The summed E-state index contributed by atoms with van der Waals surface area (Å²) in [5, 5.41) is 2.76. The SMILES string of the molecule is CCCNC(=O)c1ccc2c(c1)C(=O)N(c1ccc(OCC)cc1)C2=O. The first-order valence-electron chi connectivity index (χ1n) is 8.60. The number of ether oxygens (including phenoxy) is 1. The summed E-state index contributed by atoms with van der Waals surface area (Å²) in [6.45, 7) is 4.93. The lowest BCUT2D eigenvalue weighted by Gasteiger charge is -2.14. The van der Waals surface area contributed by atoms with Crippen LogP contribution in [0.5, 0.6) is 5.75 Å². The van der Waals surface area contributed by atoms with Gasteiger partial charge in [0.05, 0.1) is 23.4 Å². The maximum absolute atomic E-state index is 12.7. The van der Waals surface area contributed by atoms with Crippen LogP contribution in [-0.4, -0.2) is 30.9 Å². The summed E-state index contributed by atoms with van der Waals surface area (Å²) in [6, 6.07) is 11.3. The zero-order valence-corrected chi connectivity index (χ0v) is 14.7. The van der Waals surface area contributed by atoms with Crippen LogP contribution in [0.3, 0.4) is 0 Å². The number of rotatable bonds is 6. The summed E-state index contributed by atoms with van der Waals surface area (Å²) in [7, 11) is 0. The van der Waals surface area contributed by atoms with Gasteiger partial charge >= 0.3 is 0 Å². The Labute approximate surface area is 151 Å². The molecular weight excluding hydrogens is 332 g/mol. The highest BCUT2D eigenvalue weighted by Gasteiger charge is 2.37. The molecule has 3 rings (SSSR count). The van der Waals surface area contributed by atoms with Crippen molar-refractivity contribution in [3.63, 3.8) is 0 Å². The number of benzene rings is 2. The van der Waals surface area contributed by atoms with Gasteiger partial charge in [0.1, 0.15) is 5.75 Å². The first kappa shape index (κ1) is 17.7. The molecule has 0 aromatic heterocycles. The van der Waals surface area contributed by atoms with Gasteiger partial charge in [0.15, 0.2) is 0 Å². The van der Waals surface area contributed by atoms with Crippen LogP contribution in [0.2, 0.25) is 0 Å². The maximum Gasteiger partial charge on any atom is 0.266 e. The summed E-state index contributed by atoms with van der Waals surface area (Å²) < 4.78 is 5.38. The third-order valence-corrected chi connectivity index (χ3v) is 4.09. The number of hydrogen-bond donors (Lipinski definition) is 1. The van der Waals surface area contributed by atoms with Crippen LogP contribution in [-0.2, 0) is 0 Å². The van der Waals surface area contributed by atoms with Gasteiger partial charge in [-0.2, -0.15) is 0 Å². The van der Waals surface area contributed by atoms with Gasteiger partial charge in [0.2, 0.25) is 0 Å². The van der Waals surface area contributed by atoms with Crippen LogP contribution in [0, 0.1) is 0 Å². The molecule has 1 heterocycles. The molecular formula is C20H20N2O4. The van der Waals surface area contributed by atoms with E-state index in [1.54, 1.807) is 30.3 Å². The normalized spacial score (nSPS) is 12.9. The lowest BCUT2D eigenvalue weighted by molar-refractivity contribution is 0.0923. The van der Waals surface area contributed by atoms with Gasteiger partial charge in [0.25, 0.3) is 17.7 Å². The predicted molar refractivity (Wildman–Crippen MR) is 97.8 cm³/mol. The van der Waals surface area contributed by atoms with Gasteiger partial charge < -0.3 is 10.1 Å². The van der Waals surface area contributed by atoms with E-state index in [9.17, 15) is 14.4 Å². The molecule has 26 heavy (non-hydrogen) atoms. The summed E-state index contributed by atoms with van der Waals surface area (Å²) in [4.78, 5) is 38.6. The van der Waals surface area contributed by atoms with Crippen LogP contribution in [0.15, 0.2) is 42.5 Å². The number of nitrogens with one attached hydrogen (secondary N) is 1.